The minimum atomic E-state index is -4.87. The van der Waals surface area contributed by atoms with E-state index in [1.54, 1.807) is 52.9 Å². The molecule has 1 aliphatic heterocycles. The summed E-state index contributed by atoms with van der Waals surface area (Å²) in [6.07, 6.45) is -8.16. The Labute approximate surface area is 294 Å². The van der Waals surface area contributed by atoms with Crippen LogP contribution in [0, 0.1) is 0 Å². The van der Waals surface area contributed by atoms with E-state index in [4.69, 9.17) is 9.47 Å². The van der Waals surface area contributed by atoms with Crippen LogP contribution in [0.3, 0.4) is 0 Å². The normalized spacial score (nSPS) is 14.4. The van der Waals surface area contributed by atoms with E-state index in [1.165, 1.54) is 30.3 Å². The van der Waals surface area contributed by atoms with Gasteiger partial charge in [-0.1, -0.05) is 24.3 Å². The quantitative estimate of drug-likeness (QED) is 0.152. The number of halogens is 6. The van der Waals surface area contributed by atoms with Gasteiger partial charge in [0.2, 0.25) is 5.88 Å². The highest BCUT2D eigenvalue weighted by atomic mass is 32.2. The second kappa shape index (κ2) is 14.4. The van der Waals surface area contributed by atoms with E-state index in [1.807, 2.05) is 0 Å². The van der Waals surface area contributed by atoms with Crippen molar-refractivity contribution in [2.75, 3.05) is 37.5 Å². The van der Waals surface area contributed by atoms with Crippen molar-refractivity contribution in [3.8, 4) is 17.4 Å². The molecule has 3 aromatic carbocycles. The van der Waals surface area contributed by atoms with Gasteiger partial charge in [-0.2, -0.15) is 26.3 Å². The van der Waals surface area contributed by atoms with Gasteiger partial charge in [0.15, 0.2) is 6.61 Å². The average Bonchev–Trinajstić information content (AvgIpc) is 3.43. The molecule has 0 aliphatic carbocycles. The Morgan fingerprint density at radius 2 is 1.56 bits per heavy atom. The van der Waals surface area contributed by atoms with E-state index in [0.717, 1.165) is 29.3 Å². The van der Waals surface area contributed by atoms with Crippen LogP contribution < -0.4 is 14.2 Å². The molecular formula is C35H31F6N5O5S. The standard InChI is InChI=1S/C35H31F6N5O5S/c1-44-29-19-27(51-32-13-9-25(20-42-32)43-52(48,49)31-5-3-2-4-28(31)35(39,40)41)12-8-24(29)18-30(44)33(47)46-16-14-45(15-17-46)21-23-6-10-26(11-7-23)50-22-34(36,37)38/h2-13,18-20,43H,14-17,21-22H2,1H3. The molecule has 1 saturated heterocycles. The number of aryl methyl sites for hydroxylation is 1. The third kappa shape index (κ3) is 8.59. The van der Waals surface area contributed by atoms with Gasteiger partial charge < -0.3 is 18.9 Å². The number of pyridine rings is 1. The number of carbonyl (C=O) groups is 1. The third-order valence-corrected chi connectivity index (χ3v) is 9.76. The lowest BCUT2D eigenvalue weighted by atomic mass is 10.2. The number of aromatic nitrogens is 2. The van der Waals surface area contributed by atoms with Crippen molar-refractivity contribution in [1.82, 2.24) is 19.4 Å². The fourth-order valence-corrected chi connectivity index (χ4v) is 7.00. The molecule has 52 heavy (non-hydrogen) atoms. The molecule has 1 aliphatic rings. The predicted molar refractivity (Wildman–Crippen MR) is 179 cm³/mol. The lowest BCUT2D eigenvalue weighted by Crippen LogP contribution is -2.48. The molecular weight excluding hydrogens is 716 g/mol. The van der Waals surface area contributed by atoms with Crippen molar-refractivity contribution in [2.24, 2.45) is 7.05 Å². The lowest BCUT2D eigenvalue weighted by molar-refractivity contribution is -0.153. The van der Waals surface area contributed by atoms with Crippen LogP contribution >= 0.6 is 0 Å². The number of carbonyl (C=O) groups excluding carboxylic acids is 1. The topological polar surface area (TPSA) is 106 Å². The number of piperazine rings is 1. The summed E-state index contributed by atoms with van der Waals surface area (Å²) in [5.41, 5.74) is 0.720. The maximum atomic E-state index is 13.5. The third-order valence-electron chi connectivity index (χ3n) is 8.32. The van der Waals surface area contributed by atoms with Crippen molar-refractivity contribution in [3.05, 3.63) is 108 Å². The van der Waals surface area contributed by atoms with Crippen molar-refractivity contribution in [2.45, 2.75) is 23.8 Å². The molecule has 0 saturated carbocycles. The summed E-state index contributed by atoms with van der Waals surface area (Å²) >= 11 is 0. The largest absolute Gasteiger partial charge is 0.484 e. The van der Waals surface area contributed by atoms with Gasteiger partial charge in [0.1, 0.15) is 17.2 Å². The van der Waals surface area contributed by atoms with Gasteiger partial charge in [-0.15, -0.1) is 0 Å². The first-order valence-corrected chi connectivity index (χ1v) is 17.3. The summed E-state index contributed by atoms with van der Waals surface area (Å²) in [5.74, 6) is 0.455. The summed E-state index contributed by atoms with van der Waals surface area (Å²) in [4.78, 5) is 20.6. The zero-order valence-electron chi connectivity index (χ0n) is 27.4. The maximum Gasteiger partial charge on any atom is 0.422 e. The van der Waals surface area contributed by atoms with Crippen molar-refractivity contribution in [3.63, 3.8) is 0 Å². The van der Waals surface area contributed by atoms with Gasteiger partial charge in [-0.3, -0.25) is 14.4 Å². The highest BCUT2D eigenvalue weighted by Gasteiger charge is 2.37. The molecule has 2 aromatic heterocycles. The Morgan fingerprint density at radius 1 is 0.865 bits per heavy atom. The number of sulfonamides is 1. The van der Waals surface area contributed by atoms with Gasteiger partial charge in [-0.25, -0.2) is 13.4 Å². The molecule has 1 N–H and O–H groups in total. The molecule has 274 valence electrons. The molecule has 5 aromatic rings. The molecule has 1 amide bonds. The molecule has 0 radical (unpaired) electrons. The Balaban J connectivity index is 1.05. The van der Waals surface area contributed by atoms with Gasteiger partial charge in [0, 0.05) is 57.3 Å². The number of alkyl halides is 6. The zero-order valence-corrected chi connectivity index (χ0v) is 28.2. The first-order valence-electron chi connectivity index (χ1n) is 15.8. The molecule has 3 heterocycles. The number of hydrogen-bond acceptors (Lipinski definition) is 7. The van der Waals surface area contributed by atoms with Gasteiger partial charge >= 0.3 is 12.4 Å². The number of amides is 1. The summed E-state index contributed by atoms with van der Waals surface area (Å²) in [5, 5.41) is 0.788. The Bertz CT molecular complexity index is 2160. The van der Waals surface area contributed by atoms with Crippen LogP contribution in [0.5, 0.6) is 17.4 Å². The molecule has 0 unspecified atom stereocenters. The van der Waals surface area contributed by atoms with Gasteiger partial charge in [-0.05, 0) is 54.1 Å². The van der Waals surface area contributed by atoms with E-state index in [9.17, 15) is 39.6 Å². The van der Waals surface area contributed by atoms with E-state index in [0.29, 0.717) is 55.8 Å². The van der Waals surface area contributed by atoms with Crippen LogP contribution in [0.15, 0.2) is 96.0 Å². The number of nitrogens with one attached hydrogen (secondary N) is 1. The van der Waals surface area contributed by atoms with Crippen LogP contribution in [0.4, 0.5) is 32.0 Å². The maximum absolute atomic E-state index is 13.5. The number of fused-ring (bicyclic) bond motifs is 1. The molecule has 0 bridgehead atoms. The summed E-state index contributed by atoms with van der Waals surface area (Å²) in [6.45, 7) is 1.39. The average molecular weight is 748 g/mol. The molecule has 6 rings (SSSR count). The van der Waals surface area contributed by atoms with Gasteiger partial charge in [0.25, 0.3) is 15.9 Å². The summed E-state index contributed by atoms with van der Waals surface area (Å²) in [7, 11) is -2.82. The number of ether oxygens (including phenoxy) is 2. The number of nitrogens with zero attached hydrogens (tertiary/aromatic N) is 4. The van der Waals surface area contributed by atoms with Crippen molar-refractivity contribution >= 4 is 32.5 Å². The second-order valence-electron chi connectivity index (χ2n) is 12.0. The van der Waals surface area contributed by atoms with Crippen LogP contribution in [0.1, 0.15) is 21.6 Å². The lowest BCUT2D eigenvalue weighted by Gasteiger charge is -2.34. The van der Waals surface area contributed by atoms with Gasteiger partial charge in [0.05, 0.1) is 27.9 Å². The summed E-state index contributed by atoms with van der Waals surface area (Å²) < 4.78 is 117. The summed E-state index contributed by atoms with van der Waals surface area (Å²) in [6, 6.07) is 19.9. The Kier molecular flexibility index (Phi) is 10.1. The fraction of sp³-hybridized carbons (Fsp3) is 0.257. The Hall–Kier alpha value is -5.29. The van der Waals surface area contributed by atoms with E-state index >= 15 is 0 Å². The van der Waals surface area contributed by atoms with E-state index in [2.05, 4.69) is 14.6 Å². The highest BCUT2D eigenvalue weighted by molar-refractivity contribution is 7.92. The predicted octanol–water partition coefficient (Wildman–Crippen LogP) is 7.08. The molecule has 17 heteroatoms. The van der Waals surface area contributed by atoms with Crippen LogP contribution in [0.25, 0.3) is 10.9 Å². The minimum absolute atomic E-state index is 0.0710. The number of rotatable bonds is 10. The van der Waals surface area contributed by atoms with E-state index < -0.39 is 39.4 Å². The van der Waals surface area contributed by atoms with Crippen LogP contribution in [-0.2, 0) is 29.8 Å². The highest BCUT2D eigenvalue weighted by Crippen LogP contribution is 2.35. The monoisotopic (exact) mass is 747 g/mol. The fourth-order valence-electron chi connectivity index (χ4n) is 5.73. The molecule has 1 fully saturated rings. The SMILES string of the molecule is Cn1c(C(=O)N2CCN(Cc3ccc(OCC(F)(F)F)cc3)CC2)cc2ccc(Oc3ccc(NS(=O)(=O)c4ccccc4C(F)(F)F)cn3)cc21. The molecule has 10 nitrogen and oxygen atoms in total. The molecule has 0 atom stereocenters. The second-order valence-corrected chi connectivity index (χ2v) is 13.7. The first-order chi connectivity index (χ1) is 24.6. The number of hydrogen-bond donors (Lipinski definition) is 1. The van der Waals surface area contributed by atoms with E-state index in [-0.39, 0.29) is 23.2 Å². The van der Waals surface area contributed by atoms with Crippen molar-refractivity contribution in [1.29, 1.82) is 0 Å². The molecule has 0 spiro atoms. The zero-order chi connectivity index (χ0) is 37.3. The van der Waals surface area contributed by atoms with Crippen LogP contribution in [0.2, 0.25) is 0 Å². The Morgan fingerprint density at radius 3 is 2.21 bits per heavy atom. The van der Waals surface area contributed by atoms with Crippen LogP contribution in [-0.4, -0.2) is 72.6 Å². The smallest absolute Gasteiger partial charge is 0.422 e. The first kappa shape index (κ1) is 36.5. The van der Waals surface area contributed by atoms with Crippen molar-refractivity contribution < 1.29 is 49.0 Å². The number of anilines is 1. The minimum Gasteiger partial charge on any atom is -0.484 e. The number of benzene rings is 3.